The van der Waals surface area contributed by atoms with Crippen LogP contribution in [0.4, 0.5) is 0 Å². The Labute approximate surface area is 191 Å². The molecule has 1 atom stereocenters. The molecule has 7 heteroatoms. The molecule has 0 bridgehead atoms. The molecule has 2 N–H and O–H groups in total. The first-order valence-electron chi connectivity index (χ1n) is 11.0. The molecule has 4 aromatic rings. The number of ether oxygens (including phenoxy) is 1. The number of nitrogens with zero attached hydrogens (tertiary/aromatic N) is 3. The van der Waals surface area contributed by atoms with E-state index in [1.54, 1.807) is 17.5 Å². The molecule has 1 fully saturated rings. The molecule has 0 spiro atoms. The molecule has 2 aromatic heterocycles. The first-order chi connectivity index (χ1) is 15.5. The van der Waals surface area contributed by atoms with Gasteiger partial charge >= 0.3 is 0 Å². The van der Waals surface area contributed by atoms with Crippen molar-refractivity contribution in [3.8, 4) is 5.75 Å². The number of aliphatic hydroxyl groups excluding tert-OH is 1. The molecular weight excluding hydrogens is 422 g/mol. The predicted octanol–water partition coefficient (Wildman–Crippen LogP) is 4.22. The van der Waals surface area contributed by atoms with Crippen molar-refractivity contribution in [3.63, 3.8) is 0 Å². The lowest BCUT2D eigenvalue weighted by atomic mass is 9.84. The van der Waals surface area contributed by atoms with Crippen LogP contribution >= 0.6 is 11.3 Å². The first-order valence-corrected chi connectivity index (χ1v) is 11.8. The van der Waals surface area contributed by atoms with Gasteiger partial charge in [-0.15, -0.1) is 11.3 Å². The lowest BCUT2D eigenvalue weighted by Crippen LogP contribution is -2.47. The summed E-state index contributed by atoms with van der Waals surface area (Å²) in [5.74, 6) is 0.770. The Morgan fingerprint density at radius 1 is 1.12 bits per heavy atom. The van der Waals surface area contributed by atoms with Crippen LogP contribution in [0.25, 0.3) is 21.1 Å². The van der Waals surface area contributed by atoms with Gasteiger partial charge in [0.2, 0.25) is 0 Å². The van der Waals surface area contributed by atoms with Crippen molar-refractivity contribution in [1.82, 2.24) is 14.9 Å². The minimum Gasteiger partial charge on any atom is -0.493 e. The number of hydrogen-bond acceptors (Lipinski definition) is 7. The number of likely N-dealkylation sites (tertiary alicyclic amines) is 1. The van der Waals surface area contributed by atoms with E-state index in [0.29, 0.717) is 39.0 Å². The summed E-state index contributed by atoms with van der Waals surface area (Å²) in [6, 6.07) is 15.9. The maximum absolute atomic E-state index is 11.2. The van der Waals surface area contributed by atoms with E-state index in [0.717, 1.165) is 37.4 Å². The highest BCUT2D eigenvalue weighted by molar-refractivity contribution is 7.18. The quantitative estimate of drug-likeness (QED) is 0.459. The molecule has 6 nitrogen and oxygen atoms in total. The molecule has 1 aliphatic rings. The van der Waals surface area contributed by atoms with Crippen LogP contribution in [0.3, 0.4) is 0 Å². The van der Waals surface area contributed by atoms with Crippen molar-refractivity contribution < 1.29 is 14.9 Å². The molecule has 1 saturated heterocycles. The third kappa shape index (κ3) is 4.34. The van der Waals surface area contributed by atoms with Gasteiger partial charge in [-0.2, -0.15) is 0 Å². The maximum Gasteiger partial charge on any atom is 0.121 e. The van der Waals surface area contributed by atoms with Crippen molar-refractivity contribution in [2.24, 2.45) is 0 Å². The highest BCUT2D eigenvalue weighted by Crippen LogP contribution is 2.34. The standard InChI is InChI=1S/C25H27N3O3S/c1-17-27-22-15-20(6-7-23(22)32-17)31-13-8-24(29)28-11-9-25(30,10-12-28)19-14-18-4-2-3-5-21(18)26-16-19/h2-7,14-16,24,29-30H,8-13H2,1H3. The number of aromatic nitrogens is 2. The lowest BCUT2D eigenvalue weighted by molar-refractivity contribution is -0.0819. The summed E-state index contributed by atoms with van der Waals surface area (Å²) in [6.45, 7) is 3.66. The fourth-order valence-corrected chi connectivity index (χ4v) is 5.19. The largest absolute Gasteiger partial charge is 0.493 e. The van der Waals surface area contributed by atoms with Gasteiger partial charge in [-0.1, -0.05) is 18.2 Å². The summed E-state index contributed by atoms with van der Waals surface area (Å²) in [5, 5.41) is 24.0. The molecule has 0 aliphatic carbocycles. The average Bonchev–Trinajstić information content (AvgIpc) is 3.18. The number of hydrogen-bond donors (Lipinski definition) is 2. The van der Waals surface area contributed by atoms with E-state index in [-0.39, 0.29) is 0 Å². The molecule has 0 saturated carbocycles. The third-order valence-electron chi connectivity index (χ3n) is 6.29. The Morgan fingerprint density at radius 2 is 1.94 bits per heavy atom. The van der Waals surface area contributed by atoms with E-state index >= 15 is 0 Å². The van der Waals surface area contributed by atoms with Gasteiger partial charge in [-0.05, 0) is 44.0 Å². The number of aliphatic hydroxyl groups is 2. The van der Waals surface area contributed by atoms with Gasteiger partial charge in [0.05, 0.1) is 32.9 Å². The first kappa shape index (κ1) is 21.3. The van der Waals surface area contributed by atoms with Crippen molar-refractivity contribution in [3.05, 3.63) is 65.3 Å². The summed E-state index contributed by atoms with van der Waals surface area (Å²) in [5.41, 5.74) is 1.81. The third-order valence-corrected chi connectivity index (χ3v) is 7.24. The lowest BCUT2D eigenvalue weighted by Gasteiger charge is -2.40. The van der Waals surface area contributed by atoms with Crippen LogP contribution < -0.4 is 4.74 Å². The van der Waals surface area contributed by atoms with Gasteiger partial charge in [-0.25, -0.2) is 4.98 Å². The van der Waals surface area contributed by atoms with Crippen molar-refractivity contribution in [2.75, 3.05) is 19.7 Å². The van der Waals surface area contributed by atoms with Gasteiger partial charge in [0.1, 0.15) is 12.0 Å². The molecule has 0 radical (unpaired) electrons. The van der Waals surface area contributed by atoms with Crippen LogP contribution in [0, 0.1) is 6.92 Å². The molecule has 5 rings (SSSR count). The van der Waals surface area contributed by atoms with E-state index in [1.165, 1.54) is 0 Å². The zero-order valence-corrected chi connectivity index (χ0v) is 18.9. The summed E-state index contributed by atoms with van der Waals surface area (Å²) >= 11 is 1.67. The molecular formula is C25H27N3O3S. The Balaban J connectivity index is 1.15. The summed E-state index contributed by atoms with van der Waals surface area (Å²) in [6.07, 6.45) is 2.81. The molecule has 1 unspecified atom stereocenters. The second-order valence-corrected chi connectivity index (χ2v) is 9.70. The number of fused-ring (bicyclic) bond motifs is 2. The van der Waals surface area contributed by atoms with Crippen LogP contribution in [0.1, 0.15) is 29.8 Å². The van der Waals surface area contributed by atoms with Crippen LogP contribution in [0.15, 0.2) is 54.7 Å². The van der Waals surface area contributed by atoms with Crippen molar-refractivity contribution >= 4 is 32.5 Å². The second-order valence-electron chi connectivity index (χ2n) is 8.46. The summed E-state index contributed by atoms with van der Waals surface area (Å²) in [7, 11) is 0. The van der Waals surface area contributed by atoms with Crippen LogP contribution in [-0.4, -0.2) is 51.0 Å². The Hall–Kier alpha value is -2.58. The van der Waals surface area contributed by atoms with Gasteiger partial charge in [0, 0.05) is 42.7 Å². The number of piperidine rings is 1. The predicted molar refractivity (Wildman–Crippen MR) is 127 cm³/mol. The number of para-hydroxylation sites is 1. The van der Waals surface area contributed by atoms with Crippen molar-refractivity contribution in [1.29, 1.82) is 0 Å². The summed E-state index contributed by atoms with van der Waals surface area (Å²) < 4.78 is 7.01. The fraction of sp³-hybridized carbons (Fsp3) is 0.360. The van der Waals surface area contributed by atoms with Crippen molar-refractivity contribution in [2.45, 2.75) is 38.0 Å². The topological polar surface area (TPSA) is 78.7 Å². The molecule has 0 amide bonds. The minimum atomic E-state index is -0.912. The van der Waals surface area contributed by atoms with Crippen LogP contribution in [0.5, 0.6) is 5.75 Å². The van der Waals surface area contributed by atoms with Gasteiger partial charge in [-0.3, -0.25) is 9.88 Å². The summed E-state index contributed by atoms with van der Waals surface area (Å²) in [4.78, 5) is 11.0. The highest BCUT2D eigenvalue weighted by Gasteiger charge is 2.36. The van der Waals surface area contributed by atoms with E-state index in [1.807, 2.05) is 60.4 Å². The van der Waals surface area contributed by atoms with E-state index in [9.17, 15) is 10.2 Å². The Morgan fingerprint density at radius 3 is 2.78 bits per heavy atom. The van der Waals surface area contributed by atoms with Crippen LogP contribution in [-0.2, 0) is 5.60 Å². The van der Waals surface area contributed by atoms with Gasteiger partial charge < -0.3 is 14.9 Å². The van der Waals surface area contributed by atoms with Crippen LogP contribution in [0.2, 0.25) is 0 Å². The Kier molecular flexibility index (Phi) is 5.82. The Bertz CT molecular complexity index is 1230. The number of thiazole rings is 1. The minimum absolute atomic E-state index is 0.422. The number of benzene rings is 2. The molecule has 3 heterocycles. The second kappa shape index (κ2) is 8.75. The van der Waals surface area contributed by atoms with Gasteiger partial charge in [0.25, 0.3) is 0 Å². The molecule has 32 heavy (non-hydrogen) atoms. The SMILES string of the molecule is Cc1nc2cc(OCCC(O)N3CCC(O)(c4cnc5ccccc5c4)CC3)ccc2s1. The number of pyridine rings is 1. The molecule has 2 aromatic carbocycles. The normalized spacial score (nSPS) is 17.6. The van der Waals surface area contributed by atoms with E-state index in [2.05, 4.69) is 9.97 Å². The van der Waals surface area contributed by atoms with E-state index < -0.39 is 11.8 Å². The van der Waals surface area contributed by atoms with Gasteiger partial charge in [0.15, 0.2) is 0 Å². The molecule has 1 aliphatic heterocycles. The number of aryl methyl sites for hydroxylation is 1. The zero-order chi connectivity index (χ0) is 22.1. The number of rotatable bonds is 6. The smallest absolute Gasteiger partial charge is 0.121 e. The fourth-order valence-electron chi connectivity index (χ4n) is 4.38. The zero-order valence-electron chi connectivity index (χ0n) is 18.1. The average molecular weight is 450 g/mol. The monoisotopic (exact) mass is 449 g/mol. The molecule has 166 valence electrons. The highest BCUT2D eigenvalue weighted by atomic mass is 32.1. The van der Waals surface area contributed by atoms with E-state index in [4.69, 9.17) is 4.74 Å². The maximum atomic E-state index is 11.2.